The number of hydrogen-bond acceptors (Lipinski definition) is 6. The Labute approximate surface area is 116 Å². The number of carbonyl (C=O) groups is 3. The third-order valence-corrected chi connectivity index (χ3v) is 2.11. The molecule has 1 rings (SSSR count). The second kappa shape index (κ2) is 8.03. The van der Waals surface area contributed by atoms with Crippen LogP contribution in [0.1, 0.15) is 13.8 Å². The van der Waals surface area contributed by atoms with Crippen molar-refractivity contribution in [3.05, 3.63) is 12.0 Å². The highest BCUT2D eigenvalue weighted by molar-refractivity contribution is 5.96. The molecular formula is C12H18N2O6. The van der Waals surface area contributed by atoms with Crippen molar-refractivity contribution in [3.8, 4) is 0 Å². The van der Waals surface area contributed by atoms with Crippen molar-refractivity contribution in [3.63, 3.8) is 0 Å². The average Bonchev–Trinajstić information content (AvgIpc) is 2.43. The van der Waals surface area contributed by atoms with E-state index in [1.807, 2.05) is 19.2 Å². The van der Waals surface area contributed by atoms with Gasteiger partial charge in [-0.1, -0.05) is 13.8 Å². The number of ether oxygens (including phenoxy) is 3. The maximum Gasteiger partial charge on any atom is 0.377 e. The summed E-state index contributed by atoms with van der Waals surface area (Å²) in [5.41, 5.74) is 0. The first-order chi connectivity index (χ1) is 9.49. The van der Waals surface area contributed by atoms with E-state index in [1.54, 1.807) is 0 Å². The lowest BCUT2D eigenvalue weighted by Gasteiger charge is -2.14. The highest BCUT2D eigenvalue weighted by atomic mass is 16.6. The van der Waals surface area contributed by atoms with Crippen molar-refractivity contribution in [2.24, 2.45) is 5.92 Å². The minimum atomic E-state index is -0.817. The molecule has 0 aromatic heterocycles. The van der Waals surface area contributed by atoms with Crippen molar-refractivity contribution in [2.45, 2.75) is 13.8 Å². The van der Waals surface area contributed by atoms with Crippen LogP contribution in [0.15, 0.2) is 12.0 Å². The van der Waals surface area contributed by atoms with Crippen LogP contribution in [0.2, 0.25) is 0 Å². The fraction of sp³-hybridized carbons (Fsp3) is 0.583. The summed E-state index contributed by atoms with van der Waals surface area (Å²) in [6.07, 6.45) is 1.12. The molecule has 0 aromatic carbocycles. The molecule has 112 valence electrons. The van der Waals surface area contributed by atoms with Crippen LogP contribution >= 0.6 is 0 Å². The SMILES string of the molecule is CC(C)CNC(=O)NC(=O)COC(=O)C1=COCCO1. The molecule has 1 aliphatic heterocycles. The minimum absolute atomic E-state index is 0.103. The fourth-order valence-corrected chi connectivity index (χ4v) is 1.18. The lowest BCUT2D eigenvalue weighted by Crippen LogP contribution is -2.42. The second-order valence-corrected chi connectivity index (χ2v) is 4.43. The van der Waals surface area contributed by atoms with E-state index < -0.39 is 24.5 Å². The van der Waals surface area contributed by atoms with Crippen LogP contribution in [-0.2, 0) is 23.8 Å². The van der Waals surface area contributed by atoms with E-state index >= 15 is 0 Å². The molecule has 0 aromatic rings. The number of esters is 1. The zero-order valence-corrected chi connectivity index (χ0v) is 11.4. The van der Waals surface area contributed by atoms with Gasteiger partial charge in [0.05, 0.1) is 0 Å². The second-order valence-electron chi connectivity index (χ2n) is 4.43. The van der Waals surface area contributed by atoms with Gasteiger partial charge in [-0.15, -0.1) is 0 Å². The van der Waals surface area contributed by atoms with E-state index in [1.165, 1.54) is 0 Å². The van der Waals surface area contributed by atoms with Gasteiger partial charge in [0.15, 0.2) is 6.61 Å². The molecule has 8 heteroatoms. The minimum Gasteiger partial charge on any atom is -0.493 e. The van der Waals surface area contributed by atoms with E-state index in [-0.39, 0.29) is 18.3 Å². The first-order valence-electron chi connectivity index (χ1n) is 6.18. The molecule has 8 nitrogen and oxygen atoms in total. The van der Waals surface area contributed by atoms with Gasteiger partial charge >= 0.3 is 12.0 Å². The average molecular weight is 286 g/mol. The summed E-state index contributed by atoms with van der Waals surface area (Å²) in [5.74, 6) is -1.38. The fourth-order valence-electron chi connectivity index (χ4n) is 1.18. The highest BCUT2D eigenvalue weighted by Gasteiger charge is 2.18. The third-order valence-electron chi connectivity index (χ3n) is 2.11. The molecule has 0 radical (unpaired) electrons. The van der Waals surface area contributed by atoms with Crippen molar-refractivity contribution in [1.29, 1.82) is 0 Å². The van der Waals surface area contributed by atoms with Crippen molar-refractivity contribution < 1.29 is 28.6 Å². The van der Waals surface area contributed by atoms with Gasteiger partial charge in [0, 0.05) is 6.54 Å². The number of urea groups is 1. The van der Waals surface area contributed by atoms with E-state index in [9.17, 15) is 14.4 Å². The number of amides is 3. The monoisotopic (exact) mass is 286 g/mol. The lowest BCUT2D eigenvalue weighted by atomic mass is 10.2. The van der Waals surface area contributed by atoms with Crippen molar-refractivity contribution in [2.75, 3.05) is 26.4 Å². The Bertz CT molecular complexity index is 405. The molecule has 0 fully saturated rings. The summed E-state index contributed by atoms with van der Waals surface area (Å²) in [6, 6.07) is -0.629. The number of hydrogen-bond donors (Lipinski definition) is 2. The summed E-state index contributed by atoms with van der Waals surface area (Å²) in [5, 5.41) is 4.53. The van der Waals surface area contributed by atoms with Gasteiger partial charge < -0.3 is 19.5 Å². The van der Waals surface area contributed by atoms with Gasteiger partial charge in [0.1, 0.15) is 19.5 Å². The zero-order valence-electron chi connectivity index (χ0n) is 11.4. The Kier molecular flexibility index (Phi) is 6.34. The van der Waals surface area contributed by atoms with Crippen molar-refractivity contribution in [1.82, 2.24) is 10.6 Å². The van der Waals surface area contributed by atoms with Gasteiger partial charge in [0.25, 0.3) is 5.91 Å². The normalized spacial score (nSPS) is 13.7. The Morgan fingerprint density at radius 2 is 2.10 bits per heavy atom. The van der Waals surface area contributed by atoms with Crippen LogP contribution in [0.3, 0.4) is 0 Å². The highest BCUT2D eigenvalue weighted by Crippen LogP contribution is 2.05. The summed E-state index contributed by atoms with van der Waals surface area (Å²) in [4.78, 5) is 34.0. The Morgan fingerprint density at radius 1 is 1.35 bits per heavy atom. The van der Waals surface area contributed by atoms with Crippen LogP contribution in [0.4, 0.5) is 4.79 Å². The molecule has 0 aliphatic carbocycles. The van der Waals surface area contributed by atoms with Crippen LogP contribution in [0, 0.1) is 5.92 Å². The predicted molar refractivity (Wildman–Crippen MR) is 67.3 cm³/mol. The first-order valence-corrected chi connectivity index (χ1v) is 6.18. The number of nitrogens with one attached hydrogen (secondary N) is 2. The van der Waals surface area contributed by atoms with Crippen LogP contribution in [0.5, 0.6) is 0 Å². The maximum atomic E-state index is 11.4. The summed E-state index contributed by atoms with van der Waals surface area (Å²) < 4.78 is 14.5. The van der Waals surface area contributed by atoms with E-state index in [0.29, 0.717) is 13.2 Å². The Morgan fingerprint density at radius 3 is 2.70 bits per heavy atom. The maximum absolute atomic E-state index is 11.4. The van der Waals surface area contributed by atoms with Gasteiger partial charge in [-0.2, -0.15) is 0 Å². The molecule has 0 bridgehead atoms. The van der Waals surface area contributed by atoms with Crippen molar-refractivity contribution >= 4 is 17.9 Å². The molecule has 0 saturated heterocycles. The van der Waals surface area contributed by atoms with Gasteiger partial charge in [0.2, 0.25) is 5.76 Å². The molecule has 1 heterocycles. The molecule has 2 N–H and O–H groups in total. The summed E-state index contributed by atoms with van der Waals surface area (Å²) in [6.45, 7) is 4.30. The molecule has 0 saturated carbocycles. The van der Waals surface area contributed by atoms with E-state index in [4.69, 9.17) is 9.47 Å². The molecule has 0 atom stereocenters. The van der Waals surface area contributed by atoms with Crippen LogP contribution < -0.4 is 10.6 Å². The number of carbonyl (C=O) groups excluding carboxylic acids is 3. The number of rotatable bonds is 5. The topological polar surface area (TPSA) is 103 Å². The standard InChI is InChI=1S/C12H18N2O6/c1-8(2)5-13-12(17)14-10(15)7-20-11(16)9-6-18-3-4-19-9/h6,8H,3-5,7H2,1-2H3,(H2,13,14,15,17). The Balaban J connectivity index is 2.23. The molecule has 0 spiro atoms. The molecule has 0 unspecified atom stereocenters. The van der Waals surface area contributed by atoms with E-state index in [0.717, 1.165) is 6.26 Å². The number of imide groups is 1. The largest absolute Gasteiger partial charge is 0.493 e. The smallest absolute Gasteiger partial charge is 0.377 e. The quantitative estimate of drug-likeness (QED) is 0.684. The van der Waals surface area contributed by atoms with Gasteiger partial charge in [-0.25, -0.2) is 9.59 Å². The van der Waals surface area contributed by atoms with Gasteiger partial charge in [-0.3, -0.25) is 10.1 Å². The van der Waals surface area contributed by atoms with Crippen LogP contribution in [-0.4, -0.2) is 44.3 Å². The predicted octanol–water partition coefficient (Wildman–Crippen LogP) is -0.100. The van der Waals surface area contributed by atoms with Crippen LogP contribution in [0.25, 0.3) is 0 Å². The first kappa shape index (κ1) is 15.8. The van der Waals surface area contributed by atoms with Gasteiger partial charge in [-0.05, 0) is 5.92 Å². The molecule has 1 aliphatic rings. The van der Waals surface area contributed by atoms with E-state index in [2.05, 4.69) is 10.1 Å². The summed E-state index contributed by atoms with van der Waals surface area (Å²) >= 11 is 0. The molecule has 20 heavy (non-hydrogen) atoms. The zero-order chi connectivity index (χ0) is 15.0. The lowest BCUT2D eigenvalue weighted by molar-refractivity contribution is -0.149. The molecule has 3 amide bonds. The third kappa shape index (κ3) is 6.07. The Hall–Kier alpha value is -2.25. The summed E-state index contributed by atoms with van der Waals surface area (Å²) in [7, 11) is 0. The molecular weight excluding hydrogens is 268 g/mol.